The second kappa shape index (κ2) is 4.19. The fourth-order valence-corrected chi connectivity index (χ4v) is 2.14. The lowest BCUT2D eigenvalue weighted by Gasteiger charge is -2.19. The lowest BCUT2D eigenvalue weighted by atomic mass is 10.1. The average Bonchev–Trinajstić information content (AvgIpc) is 2.79. The summed E-state index contributed by atoms with van der Waals surface area (Å²) < 4.78 is 1.93. The lowest BCUT2D eigenvalue weighted by molar-refractivity contribution is 0.470. The summed E-state index contributed by atoms with van der Waals surface area (Å²) in [6, 6.07) is 1.00. The lowest BCUT2D eigenvalue weighted by Crippen LogP contribution is -2.29. The van der Waals surface area contributed by atoms with Gasteiger partial charge in [-0.3, -0.25) is 4.68 Å². The molecular formula is C12H19N3. The fourth-order valence-electron chi connectivity index (χ4n) is 2.14. The predicted molar refractivity (Wildman–Crippen MR) is 61.7 cm³/mol. The normalized spacial score (nSPS) is 18.6. The molecule has 15 heavy (non-hydrogen) atoms. The van der Waals surface area contributed by atoms with Crippen molar-refractivity contribution in [2.75, 3.05) is 0 Å². The van der Waals surface area contributed by atoms with E-state index in [2.05, 4.69) is 36.4 Å². The Labute approximate surface area is 91.2 Å². The topological polar surface area (TPSA) is 29.9 Å². The van der Waals surface area contributed by atoms with E-state index in [9.17, 15) is 0 Å². The van der Waals surface area contributed by atoms with E-state index in [0.29, 0.717) is 12.1 Å². The van der Waals surface area contributed by atoms with Crippen LogP contribution in [-0.2, 0) is 7.05 Å². The Kier molecular flexibility index (Phi) is 2.91. The molecule has 1 aliphatic carbocycles. The smallest absolute Gasteiger partial charge is 0.0540 e. The monoisotopic (exact) mass is 205 g/mol. The maximum absolute atomic E-state index is 4.27. The highest BCUT2D eigenvalue weighted by Crippen LogP contribution is 2.19. The van der Waals surface area contributed by atoms with E-state index in [1.165, 1.54) is 11.3 Å². The molecule has 2 rings (SSSR count). The number of aryl methyl sites for hydroxylation is 1. The van der Waals surface area contributed by atoms with Crippen LogP contribution in [0.5, 0.6) is 0 Å². The number of aromatic nitrogens is 2. The quantitative estimate of drug-likeness (QED) is 0.766. The van der Waals surface area contributed by atoms with E-state index in [1.807, 2.05) is 17.9 Å². The molecule has 0 aliphatic heterocycles. The van der Waals surface area contributed by atoms with Crippen LogP contribution in [0.2, 0.25) is 0 Å². The molecule has 3 heteroatoms. The molecule has 1 heterocycles. The maximum Gasteiger partial charge on any atom is 0.0540 e. The third-order valence-corrected chi connectivity index (χ3v) is 3.23. The Balaban J connectivity index is 2.01. The van der Waals surface area contributed by atoms with Gasteiger partial charge in [-0.05, 0) is 26.7 Å². The van der Waals surface area contributed by atoms with Crippen LogP contribution >= 0.6 is 0 Å². The number of hydrogen-bond donors (Lipinski definition) is 1. The van der Waals surface area contributed by atoms with E-state index >= 15 is 0 Å². The van der Waals surface area contributed by atoms with Gasteiger partial charge in [0.05, 0.1) is 6.20 Å². The molecule has 0 saturated heterocycles. The summed E-state index contributed by atoms with van der Waals surface area (Å²) in [7, 11) is 1.99. The second-order valence-corrected chi connectivity index (χ2v) is 4.34. The third-order valence-electron chi connectivity index (χ3n) is 3.23. The molecule has 0 spiro atoms. The van der Waals surface area contributed by atoms with E-state index in [1.54, 1.807) is 0 Å². The number of nitrogens with one attached hydrogen (secondary N) is 1. The van der Waals surface area contributed by atoms with Crippen molar-refractivity contribution in [2.24, 2.45) is 7.05 Å². The third kappa shape index (κ3) is 2.12. The first kappa shape index (κ1) is 10.4. The largest absolute Gasteiger partial charge is 0.307 e. The van der Waals surface area contributed by atoms with E-state index in [4.69, 9.17) is 0 Å². The zero-order chi connectivity index (χ0) is 10.8. The molecule has 1 aromatic rings. The van der Waals surface area contributed by atoms with Crippen molar-refractivity contribution >= 4 is 0 Å². The molecule has 0 bridgehead atoms. The Morgan fingerprint density at radius 2 is 2.13 bits per heavy atom. The highest BCUT2D eigenvalue weighted by Gasteiger charge is 2.16. The molecule has 1 aromatic heterocycles. The molecule has 1 aliphatic rings. The fraction of sp³-hybridized carbons (Fsp3) is 0.583. The van der Waals surface area contributed by atoms with Gasteiger partial charge in [0.2, 0.25) is 0 Å². The van der Waals surface area contributed by atoms with Crippen molar-refractivity contribution < 1.29 is 0 Å². The van der Waals surface area contributed by atoms with Crippen LogP contribution in [0.3, 0.4) is 0 Å². The Hall–Kier alpha value is -1.09. The Morgan fingerprint density at radius 3 is 2.67 bits per heavy atom. The first-order valence-corrected chi connectivity index (χ1v) is 5.58. The van der Waals surface area contributed by atoms with Gasteiger partial charge in [-0.1, -0.05) is 12.2 Å². The first-order valence-electron chi connectivity index (χ1n) is 5.58. The Bertz CT molecular complexity index is 357. The zero-order valence-corrected chi connectivity index (χ0v) is 9.70. The predicted octanol–water partition coefficient (Wildman–Crippen LogP) is 2.10. The van der Waals surface area contributed by atoms with Gasteiger partial charge in [0.1, 0.15) is 0 Å². The first-order chi connectivity index (χ1) is 7.18. The molecule has 0 radical (unpaired) electrons. The molecule has 0 saturated carbocycles. The van der Waals surface area contributed by atoms with Crippen LogP contribution in [0, 0.1) is 6.92 Å². The highest BCUT2D eigenvalue weighted by atomic mass is 15.3. The molecule has 82 valence electrons. The summed E-state index contributed by atoms with van der Waals surface area (Å²) in [5.74, 6) is 0. The standard InChI is InChI=1S/C12H19N3/c1-9(14-11-6-4-5-7-11)12-8-13-15(3)10(12)2/h4-5,8-9,11,14H,6-7H2,1-3H3. The van der Waals surface area contributed by atoms with Gasteiger partial charge in [-0.2, -0.15) is 5.10 Å². The maximum atomic E-state index is 4.27. The van der Waals surface area contributed by atoms with Gasteiger partial charge in [-0.15, -0.1) is 0 Å². The Morgan fingerprint density at radius 1 is 1.47 bits per heavy atom. The van der Waals surface area contributed by atoms with Crippen LogP contribution in [0.15, 0.2) is 18.3 Å². The van der Waals surface area contributed by atoms with Crippen molar-refractivity contribution in [3.05, 3.63) is 29.6 Å². The molecule has 1 atom stereocenters. The van der Waals surface area contributed by atoms with Gasteiger partial charge >= 0.3 is 0 Å². The second-order valence-electron chi connectivity index (χ2n) is 4.34. The molecule has 1 N–H and O–H groups in total. The summed E-state index contributed by atoms with van der Waals surface area (Å²) in [5, 5.41) is 7.91. The minimum atomic E-state index is 0.392. The molecule has 3 nitrogen and oxygen atoms in total. The SMILES string of the molecule is Cc1c(C(C)NC2CC=CC2)cnn1C. The van der Waals surface area contributed by atoms with Gasteiger partial charge in [0, 0.05) is 30.4 Å². The number of rotatable bonds is 3. The minimum Gasteiger partial charge on any atom is -0.307 e. The van der Waals surface area contributed by atoms with E-state index in [0.717, 1.165) is 12.8 Å². The zero-order valence-electron chi connectivity index (χ0n) is 9.70. The minimum absolute atomic E-state index is 0.392. The van der Waals surface area contributed by atoms with Gasteiger partial charge < -0.3 is 5.32 Å². The molecule has 1 unspecified atom stereocenters. The molecule has 0 fully saturated rings. The van der Waals surface area contributed by atoms with Crippen molar-refractivity contribution in [1.29, 1.82) is 0 Å². The molecule has 0 aromatic carbocycles. The summed E-state index contributed by atoms with van der Waals surface area (Å²) in [6.07, 6.45) is 8.78. The van der Waals surface area contributed by atoms with Crippen LogP contribution in [0.1, 0.15) is 37.1 Å². The molecular weight excluding hydrogens is 186 g/mol. The highest BCUT2D eigenvalue weighted by molar-refractivity contribution is 5.20. The summed E-state index contributed by atoms with van der Waals surface area (Å²) >= 11 is 0. The van der Waals surface area contributed by atoms with Crippen LogP contribution in [-0.4, -0.2) is 15.8 Å². The summed E-state index contributed by atoms with van der Waals surface area (Å²) in [5.41, 5.74) is 2.56. The van der Waals surface area contributed by atoms with Crippen LogP contribution < -0.4 is 5.32 Å². The summed E-state index contributed by atoms with van der Waals surface area (Å²) in [6.45, 7) is 4.33. The van der Waals surface area contributed by atoms with E-state index in [-0.39, 0.29) is 0 Å². The van der Waals surface area contributed by atoms with Crippen molar-refractivity contribution in [3.63, 3.8) is 0 Å². The molecule has 0 amide bonds. The number of hydrogen-bond acceptors (Lipinski definition) is 2. The average molecular weight is 205 g/mol. The summed E-state index contributed by atoms with van der Waals surface area (Å²) in [4.78, 5) is 0. The van der Waals surface area contributed by atoms with Crippen molar-refractivity contribution in [1.82, 2.24) is 15.1 Å². The van der Waals surface area contributed by atoms with Crippen molar-refractivity contribution in [2.45, 2.75) is 38.8 Å². The van der Waals surface area contributed by atoms with Crippen LogP contribution in [0.25, 0.3) is 0 Å². The van der Waals surface area contributed by atoms with Gasteiger partial charge in [0.15, 0.2) is 0 Å². The van der Waals surface area contributed by atoms with Gasteiger partial charge in [-0.25, -0.2) is 0 Å². The van der Waals surface area contributed by atoms with E-state index < -0.39 is 0 Å². The van der Waals surface area contributed by atoms with Crippen LogP contribution in [0.4, 0.5) is 0 Å². The van der Waals surface area contributed by atoms with Crippen molar-refractivity contribution in [3.8, 4) is 0 Å². The van der Waals surface area contributed by atoms with Gasteiger partial charge in [0.25, 0.3) is 0 Å². The number of nitrogens with zero attached hydrogens (tertiary/aromatic N) is 2.